The Morgan fingerprint density at radius 3 is 2.58 bits per heavy atom. The summed E-state index contributed by atoms with van der Waals surface area (Å²) in [5.74, 6) is -0.0186. The molecule has 0 unspecified atom stereocenters. The molecule has 5 aromatic rings. The molecule has 192 valence electrons. The monoisotopic (exact) mass is 507 g/mol. The van der Waals surface area contributed by atoms with E-state index in [1.807, 2.05) is 66.9 Å². The van der Waals surface area contributed by atoms with Gasteiger partial charge in [0.25, 0.3) is 5.91 Å². The number of nitrogens with zero attached hydrogens (tertiary/aromatic N) is 2. The van der Waals surface area contributed by atoms with E-state index in [0.29, 0.717) is 42.4 Å². The summed E-state index contributed by atoms with van der Waals surface area (Å²) >= 11 is 0. The normalized spacial score (nSPS) is 11.0. The average molecular weight is 508 g/mol. The summed E-state index contributed by atoms with van der Waals surface area (Å²) in [6.07, 6.45) is 1.82. The van der Waals surface area contributed by atoms with Crippen molar-refractivity contribution in [1.29, 1.82) is 0 Å². The smallest absolute Gasteiger partial charge is 0.325 e. The van der Waals surface area contributed by atoms with Gasteiger partial charge in [-0.25, -0.2) is 4.98 Å². The standard InChI is InChI=1S/C30H29N5O3/c1-2-38-26(36)19-32-29-27(24-13-12-22-9-3-4-10-23(22)16-24)34-28-25(11-6-14-35(28)29)30(37)33-18-21-8-5-7-20(15-21)17-31/h3-16,32H,2,17-19,31H2,1H3,(H,33,37). The second kappa shape index (κ2) is 11.1. The van der Waals surface area contributed by atoms with Crippen LogP contribution in [0.1, 0.15) is 28.4 Å². The number of fused-ring (bicyclic) bond motifs is 2. The van der Waals surface area contributed by atoms with Crippen LogP contribution in [0.25, 0.3) is 27.7 Å². The molecule has 0 aliphatic rings. The zero-order valence-corrected chi connectivity index (χ0v) is 21.1. The molecule has 2 aromatic heterocycles. The highest BCUT2D eigenvalue weighted by molar-refractivity contribution is 6.01. The number of nitrogens with two attached hydrogens (primary N) is 1. The highest BCUT2D eigenvalue weighted by atomic mass is 16.5. The number of hydrogen-bond donors (Lipinski definition) is 3. The van der Waals surface area contributed by atoms with Crippen molar-refractivity contribution in [2.45, 2.75) is 20.0 Å². The first-order valence-electron chi connectivity index (χ1n) is 12.5. The van der Waals surface area contributed by atoms with Gasteiger partial charge in [0.2, 0.25) is 0 Å². The van der Waals surface area contributed by atoms with Crippen LogP contribution >= 0.6 is 0 Å². The molecular weight excluding hydrogens is 478 g/mol. The van der Waals surface area contributed by atoms with Gasteiger partial charge in [-0.1, -0.05) is 60.7 Å². The van der Waals surface area contributed by atoms with Crippen molar-refractivity contribution >= 4 is 34.1 Å². The maximum Gasteiger partial charge on any atom is 0.325 e. The van der Waals surface area contributed by atoms with Gasteiger partial charge in [-0.2, -0.15) is 0 Å². The van der Waals surface area contributed by atoms with E-state index in [1.165, 1.54) is 0 Å². The van der Waals surface area contributed by atoms with E-state index in [2.05, 4.69) is 16.7 Å². The van der Waals surface area contributed by atoms with Crippen LogP contribution in [-0.4, -0.2) is 34.4 Å². The van der Waals surface area contributed by atoms with Crippen LogP contribution in [0.3, 0.4) is 0 Å². The first kappa shape index (κ1) is 25.0. The highest BCUT2D eigenvalue weighted by Crippen LogP contribution is 2.32. The molecule has 8 heteroatoms. The van der Waals surface area contributed by atoms with Gasteiger partial charge in [-0.15, -0.1) is 0 Å². The molecule has 0 fully saturated rings. The molecule has 3 aromatic carbocycles. The fraction of sp³-hybridized carbons (Fsp3) is 0.167. The largest absolute Gasteiger partial charge is 0.465 e. The van der Waals surface area contributed by atoms with E-state index in [0.717, 1.165) is 27.5 Å². The third-order valence-electron chi connectivity index (χ3n) is 6.30. The minimum Gasteiger partial charge on any atom is -0.465 e. The molecule has 38 heavy (non-hydrogen) atoms. The first-order chi connectivity index (χ1) is 18.6. The Labute approximate surface area is 220 Å². The Bertz CT molecular complexity index is 1630. The van der Waals surface area contributed by atoms with Gasteiger partial charge in [-0.05, 0) is 47.0 Å². The molecule has 8 nitrogen and oxygen atoms in total. The van der Waals surface area contributed by atoms with Crippen LogP contribution in [0.5, 0.6) is 0 Å². The quantitative estimate of drug-likeness (QED) is 0.253. The third kappa shape index (κ3) is 5.21. The lowest BCUT2D eigenvalue weighted by atomic mass is 10.1. The number of carbonyl (C=O) groups is 2. The summed E-state index contributed by atoms with van der Waals surface area (Å²) < 4.78 is 6.90. The van der Waals surface area contributed by atoms with Gasteiger partial charge in [0.15, 0.2) is 5.65 Å². The van der Waals surface area contributed by atoms with Crippen molar-refractivity contribution in [3.8, 4) is 11.3 Å². The number of ether oxygens (including phenoxy) is 1. The molecule has 4 N–H and O–H groups in total. The zero-order chi connectivity index (χ0) is 26.5. The van der Waals surface area contributed by atoms with Gasteiger partial charge in [-0.3, -0.25) is 14.0 Å². The van der Waals surface area contributed by atoms with E-state index in [1.54, 1.807) is 23.5 Å². The average Bonchev–Trinajstić information content (AvgIpc) is 3.33. The Morgan fingerprint density at radius 2 is 1.76 bits per heavy atom. The van der Waals surface area contributed by atoms with Crippen molar-refractivity contribution in [3.05, 3.63) is 102 Å². The second-order valence-electron chi connectivity index (χ2n) is 8.85. The molecule has 0 spiro atoms. The van der Waals surface area contributed by atoms with Crippen LogP contribution in [-0.2, 0) is 22.6 Å². The SMILES string of the molecule is CCOC(=O)CNc1c(-c2ccc3ccccc3c2)nc2c(C(=O)NCc3cccc(CN)c3)cccn12. The van der Waals surface area contributed by atoms with E-state index in [9.17, 15) is 9.59 Å². The summed E-state index contributed by atoms with van der Waals surface area (Å²) in [5.41, 5.74) is 10.1. The second-order valence-corrected chi connectivity index (χ2v) is 8.85. The van der Waals surface area contributed by atoms with Gasteiger partial charge < -0.3 is 21.1 Å². The Hall–Kier alpha value is -4.69. The molecule has 2 heterocycles. The predicted molar refractivity (Wildman–Crippen MR) is 149 cm³/mol. The Balaban J connectivity index is 1.52. The third-order valence-corrected chi connectivity index (χ3v) is 6.30. The van der Waals surface area contributed by atoms with Crippen molar-refractivity contribution in [2.75, 3.05) is 18.5 Å². The number of imidazole rings is 1. The zero-order valence-electron chi connectivity index (χ0n) is 21.1. The number of carbonyl (C=O) groups excluding carboxylic acids is 2. The number of aromatic nitrogens is 2. The van der Waals surface area contributed by atoms with Gasteiger partial charge in [0.05, 0.1) is 12.2 Å². The molecule has 0 bridgehead atoms. The van der Waals surface area contributed by atoms with Crippen LogP contribution in [0.4, 0.5) is 5.82 Å². The minimum absolute atomic E-state index is 0.0316. The molecule has 0 saturated heterocycles. The maximum atomic E-state index is 13.3. The number of pyridine rings is 1. The number of hydrogen-bond acceptors (Lipinski definition) is 6. The van der Waals surface area contributed by atoms with Crippen LogP contribution in [0.15, 0.2) is 85.1 Å². The van der Waals surface area contributed by atoms with Crippen molar-refractivity contribution < 1.29 is 14.3 Å². The van der Waals surface area contributed by atoms with E-state index in [-0.39, 0.29) is 18.4 Å². The molecule has 1 amide bonds. The Morgan fingerprint density at radius 1 is 0.947 bits per heavy atom. The number of rotatable bonds is 9. The summed E-state index contributed by atoms with van der Waals surface area (Å²) in [5, 5.41) is 8.35. The fourth-order valence-electron chi connectivity index (χ4n) is 4.46. The summed E-state index contributed by atoms with van der Waals surface area (Å²) in [6.45, 7) is 2.83. The predicted octanol–water partition coefficient (Wildman–Crippen LogP) is 4.52. The number of benzene rings is 3. The van der Waals surface area contributed by atoms with Crippen molar-refractivity contribution in [2.24, 2.45) is 5.73 Å². The van der Waals surface area contributed by atoms with Crippen LogP contribution in [0, 0.1) is 0 Å². The lowest BCUT2D eigenvalue weighted by Crippen LogP contribution is -2.23. The minimum atomic E-state index is -0.375. The number of esters is 1. The van der Waals surface area contributed by atoms with Crippen LogP contribution < -0.4 is 16.4 Å². The number of amides is 1. The number of anilines is 1. The fourth-order valence-corrected chi connectivity index (χ4v) is 4.46. The molecule has 5 rings (SSSR count). The van der Waals surface area contributed by atoms with E-state index in [4.69, 9.17) is 15.5 Å². The number of nitrogens with one attached hydrogen (secondary N) is 2. The summed E-state index contributed by atoms with van der Waals surface area (Å²) in [6, 6.07) is 25.5. The summed E-state index contributed by atoms with van der Waals surface area (Å²) in [7, 11) is 0. The molecule has 0 aliphatic carbocycles. The van der Waals surface area contributed by atoms with Crippen molar-refractivity contribution in [1.82, 2.24) is 14.7 Å². The van der Waals surface area contributed by atoms with Gasteiger partial charge in [0.1, 0.15) is 18.1 Å². The Kier molecular flexibility index (Phi) is 7.33. The molecule has 0 aliphatic heterocycles. The van der Waals surface area contributed by atoms with E-state index < -0.39 is 0 Å². The highest BCUT2D eigenvalue weighted by Gasteiger charge is 2.20. The van der Waals surface area contributed by atoms with Crippen LogP contribution in [0.2, 0.25) is 0 Å². The topological polar surface area (TPSA) is 111 Å². The molecule has 0 saturated carbocycles. The summed E-state index contributed by atoms with van der Waals surface area (Å²) in [4.78, 5) is 30.3. The van der Waals surface area contributed by atoms with Gasteiger partial charge >= 0.3 is 5.97 Å². The van der Waals surface area contributed by atoms with E-state index >= 15 is 0 Å². The molecule has 0 radical (unpaired) electrons. The maximum absolute atomic E-state index is 13.3. The first-order valence-corrected chi connectivity index (χ1v) is 12.5. The lowest BCUT2D eigenvalue weighted by molar-refractivity contribution is -0.140. The lowest BCUT2D eigenvalue weighted by Gasteiger charge is -2.10. The van der Waals surface area contributed by atoms with Gasteiger partial charge in [0, 0.05) is 24.8 Å². The molecule has 0 atom stereocenters. The van der Waals surface area contributed by atoms with Crippen molar-refractivity contribution in [3.63, 3.8) is 0 Å². The molecular formula is C30H29N5O3.